The Hall–Kier alpha value is -1.61. The van der Waals surface area contributed by atoms with E-state index in [1.54, 1.807) is 18.0 Å². The third kappa shape index (κ3) is 2.19. The van der Waals surface area contributed by atoms with Crippen LogP contribution in [0.5, 0.6) is 0 Å². The number of benzene rings is 1. The van der Waals surface area contributed by atoms with Crippen LogP contribution < -0.4 is 0 Å². The van der Waals surface area contributed by atoms with E-state index >= 15 is 0 Å². The molecule has 3 rings (SSSR count). The van der Waals surface area contributed by atoms with Gasteiger partial charge in [0, 0.05) is 28.6 Å². The van der Waals surface area contributed by atoms with Gasteiger partial charge in [-0.2, -0.15) is 0 Å². The molecule has 1 aromatic carbocycles. The number of hydrogen-bond acceptors (Lipinski definition) is 3. The number of pyridine rings is 1. The largest absolute Gasteiger partial charge is 0.294 e. The molecular formula is C16H15NOS. The summed E-state index contributed by atoms with van der Waals surface area (Å²) < 4.78 is 0. The lowest BCUT2D eigenvalue weighted by molar-refractivity contribution is 0.0992. The Morgan fingerprint density at radius 3 is 2.84 bits per heavy atom. The molecule has 2 nitrogen and oxygen atoms in total. The zero-order valence-corrected chi connectivity index (χ0v) is 11.7. The first-order valence-electron chi connectivity index (χ1n) is 6.54. The van der Waals surface area contributed by atoms with Crippen LogP contribution in [0.1, 0.15) is 29.3 Å². The van der Waals surface area contributed by atoms with Gasteiger partial charge in [-0.15, -0.1) is 11.8 Å². The number of aromatic nitrogens is 1. The lowest BCUT2D eigenvalue weighted by Gasteiger charge is -2.11. The Morgan fingerprint density at radius 1 is 1.21 bits per heavy atom. The number of fused-ring (bicyclic) bond motifs is 1. The van der Waals surface area contributed by atoms with Gasteiger partial charge in [0.05, 0.1) is 5.69 Å². The first-order chi connectivity index (χ1) is 9.31. The molecule has 0 bridgehead atoms. The van der Waals surface area contributed by atoms with Crippen LogP contribution in [0.3, 0.4) is 0 Å². The monoisotopic (exact) mass is 269 g/mol. The maximum absolute atomic E-state index is 12.1. The van der Waals surface area contributed by atoms with Crippen molar-refractivity contribution in [2.75, 3.05) is 5.75 Å². The number of carbonyl (C=O) groups excluding carboxylic acids is 1. The topological polar surface area (TPSA) is 30.0 Å². The Balaban J connectivity index is 2.17. The van der Waals surface area contributed by atoms with Crippen molar-refractivity contribution in [2.24, 2.45) is 0 Å². The number of carbonyl (C=O) groups is 1. The highest BCUT2D eigenvalue weighted by molar-refractivity contribution is 7.99. The van der Waals surface area contributed by atoms with Crippen molar-refractivity contribution < 1.29 is 4.79 Å². The zero-order valence-electron chi connectivity index (χ0n) is 10.8. The van der Waals surface area contributed by atoms with Crippen LogP contribution >= 0.6 is 11.8 Å². The fourth-order valence-corrected chi connectivity index (χ4v) is 3.45. The molecular weight excluding hydrogens is 254 g/mol. The van der Waals surface area contributed by atoms with Crippen LogP contribution in [0.25, 0.3) is 11.3 Å². The molecule has 1 aromatic heterocycles. The van der Waals surface area contributed by atoms with E-state index in [9.17, 15) is 4.79 Å². The Bertz CT molecular complexity index is 622. The predicted octanol–water partition coefficient (Wildman–Crippen LogP) is 3.99. The van der Waals surface area contributed by atoms with Crippen LogP contribution in [0.4, 0.5) is 0 Å². The lowest BCUT2D eigenvalue weighted by Crippen LogP contribution is -1.97. The van der Waals surface area contributed by atoms with Crippen LogP contribution in [0, 0.1) is 0 Å². The lowest BCUT2D eigenvalue weighted by atomic mass is 10.00. The smallest absolute Gasteiger partial charge is 0.164 e. The molecule has 1 heterocycles. The van der Waals surface area contributed by atoms with Gasteiger partial charge >= 0.3 is 0 Å². The van der Waals surface area contributed by atoms with Crippen molar-refractivity contribution in [1.82, 2.24) is 4.98 Å². The van der Waals surface area contributed by atoms with Gasteiger partial charge in [0.15, 0.2) is 5.78 Å². The SMILES string of the molecule is CCSc1ccc(-c2ccccn2)c2c1C(=O)CC2. The molecule has 0 aliphatic heterocycles. The molecule has 2 aromatic rings. The zero-order chi connectivity index (χ0) is 13.2. The predicted molar refractivity (Wildman–Crippen MR) is 78.7 cm³/mol. The standard InChI is InChI=1S/C16H15NOS/c1-2-19-15-9-7-11(13-5-3-4-10-17-13)12-6-8-14(18)16(12)15/h3-5,7,9-10H,2,6,8H2,1H3. The minimum absolute atomic E-state index is 0.281. The van der Waals surface area contributed by atoms with Crippen molar-refractivity contribution in [3.63, 3.8) is 0 Å². The maximum atomic E-state index is 12.1. The van der Waals surface area contributed by atoms with E-state index < -0.39 is 0 Å². The summed E-state index contributed by atoms with van der Waals surface area (Å²) in [6.07, 6.45) is 3.28. The van der Waals surface area contributed by atoms with Gasteiger partial charge in [-0.05, 0) is 35.9 Å². The minimum Gasteiger partial charge on any atom is -0.294 e. The van der Waals surface area contributed by atoms with Gasteiger partial charge in [0.25, 0.3) is 0 Å². The van der Waals surface area contributed by atoms with E-state index in [1.165, 1.54) is 5.56 Å². The van der Waals surface area contributed by atoms with Gasteiger partial charge in [-0.3, -0.25) is 9.78 Å². The average molecular weight is 269 g/mol. The van der Waals surface area contributed by atoms with E-state index in [2.05, 4.69) is 24.0 Å². The van der Waals surface area contributed by atoms with Crippen molar-refractivity contribution >= 4 is 17.5 Å². The first-order valence-corrected chi connectivity index (χ1v) is 7.53. The number of nitrogens with zero attached hydrogens (tertiary/aromatic N) is 1. The summed E-state index contributed by atoms with van der Waals surface area (Å²) in [7, 11) is 0. The summed E-state index contributed by atoms with van der Waals surface area (Å²) in [4.78, 5) is 17.6. The molecule has 1 aliphatic rings. The normalized spacial score (nSPS) is 13.6. The molecule has 0 saturated heterocycles. The number of ketones is 1. The van der Waals surface area contributed by atoms with Crippen LogP contribution in [-0.4, -0.2) is 16.5 Å². The van der Waals surface area contributed by atoms with Crippen molar-refractivity contribution in [3.05, 3.63) is 47.7 Å². The molecule has 0 spiro atoms. The van der Waals surface area contributed by atoms with Gasteiger partial charge in [-0.1, -0.05) is 19.1 Å². The fourth-order valence-electron chi connectivity index (χ4n) is 2.59. The molecule has 0 atom stereocenters. The minimum atomic E-state index is 0.281. The Kier molecular flexibility index (Phi) is 3.38. The van der Waals surface area contributed by atoms with Gasteiger partial charge in [0.2, 0.25) is 0 Å². The summed E-state index contributed by atoms with van der Waals surface area (Å²) in [6.45, 7) is 2.11. The highest BCUT2D eigenvalue weighted by atomic mass is 32.2. The molecule has 0 unspecified atom stereocenters. The van der Waals surface area contributed by atoms with Crippen molar-refractivity contribution in [1.29, 1.82) is 0 Å². The summed E-state index contributed by atoms with van der Waals surface area (Å²) >= 11 is 1.75. The number of hydrogen-bond donors (Lipinski definition) is 0. The molecule has 19 heavy (non-hydrogen) atoms. The molecule has 1 aliphatic carbocycles. The third-order valence-corrected chi connectivity index (χ3v) is 4.34. The molecule has 0 saturated carbocycles. The van der Waals surface area contributed by atoms with E-state index in [0.29, 0.717) is 6.42 Å². The second-order valence-corrected chi connectivity index (χ2v) is 5.84. The van der Waals surface area contributed by atoms with Gasteiger partial charge in [0.1, 0.15) is 0 Å². The highest BCUT2D eigenvalue weighted by Crippen LogP contribution is 2.37. The number of thioether (sulfide) groups is 1. The second kappa shape index (κ2) is 5.17. The first kappa shape index (κ1) is 12.4. The van der Waals surface area contributed by atoms with Crippen molar-refractivity contribution in [2.45, 2.75) is 24.7 Å². The molecule has 0 amide bonds. The Labute approximate surface area is 117 Å². The summed E-state index contributed by atoms with van der Waals surface area (Å²) in [6, 6.07) is 10.1. The molecule has 0 N–H and O–H groups in total. The van der Waals surface area contributed by atoms with Crippen LogP contribution in [-0.2, 0) is 6.42 Å². The Morgan fingerprint density at radius 2 is 2.11 bits per heavy atom. The summed E-state index contributed by atoms with van der Waals surface area (Å²) in [5.41, 5.74) is 4.19. The third-order valence-electron chi connectivity index (χ3n) is 3.40. The number of Topliss-reactive ketones (excluding diaryl/α,β-unsaturated/α-hetero) is 1. The van der Waals surface area contributed by atoms with E-state index in [0.717, 1.165) is 33.9 Å². The number of rotatable bonds is 3. The van der Waals surface area contributed by atoms with Crippen LogP contribution in [0.15, 0.2) is 41.4 Å². The maximum Gasteiger partial charge on any atom is 0.164 e. The summed E-state index contributed by atoms with van der Waals surface area (Å²) in [5, 5.41) is 0. The van der Waals surface area contributed by atoms with Gasteiger partial charge in [-0.25, -0.2) is 0 Å². The molecule has 0 radical (unpaired) electrons. The van der Waals surface area contributed by atoms with Crippen molar-refractivity contribution in [3.8, 4) is 11.3 Å². The highest BCUT2D eigenvalue weighted by Gasteiger charge is 2.26. The average Bonchev–Trinajstić information content (AvgIpc) is 2.83. The van der Waals surface area contributed by atoms with Gasteiger partial charge < -0.3 is 0 Å². The van der Waals surface area contributed by atoms with E-state index in [4.69, 9.17) is 0 Å². The fraction of sp³-hybridized carbons (Fsp3) is 0.250. The molecule has 0 fully saturated rings. The summed E-state index contributed by atoms with van der Waals surface area (Å²) in [5.74, 6) is 1.27. The van der Waals surface area contributed by atoms with E-state index in [-0.39, 0.29) is 5.78 Å². The quantitative estimate of drug-likeness (QED) is 0.789. The second-order valence-electron chi connectivity index (χ2n) is 4.54. The van der Waals surface area contributed by atoms with Crippen LogP contribution in [0.2, 0.25) is 0 Å². The molecule has 96 valence electrons. The van der Waals surface area contributed by atoms with E-state index in [1.807, 2.05) is 18.2 Å². The molecule has 3 heteroatoms.